The third-order valence-electron chi connectivity index (χ3n) is 3.51. The Morgan fingerprint density at radius 2 is 1.94 bits per heavy atom. The fraction of sp³-hybridized carbons (Fsp3) is 0.583. The maximum Gasteiger partial charge on any atom is 0.234 e. The molecule has 0 bridgehead atoms. The number of aromatic nitrogens is 4. The zero-order valence-corrected chi connectivity index (χ0v) is 11.4. The van der Waals surface area contributed by atoms with E-state index < -0.39 is 11.0 Å². The average Bonchev–Trinajstić information content (AvgIpc) is 2.83. The van der Waals surface area contributed by atoms with Crippen molar-refractivity contribution >= 4 is 0 Å². The molecule has 2 heterocycles. The molecule has 0 atom stereocenters. The molecule has 18 heavy (non-hydrogen) atoms. The predicted molar refractivity (Wildman–Crippen MR) is 67.8 cm³/mol. The molecular weight excluding hydrogens is 230 g/mol. The van der Waals surface area contributed by atoms with Gasteiger partial charge in [0, 0.05) is 18.8 Å². The Morgan fingerprint density at radius 1 is 1.28 bits per heavy atom. The molecule has 0 unspecified atom stereocenters. The van der Waals surface area contributed by atoms with Gasteiger partial charge in [-0.1, -0.05) is 5.16 Å². The van der Waals surface area contributed by atoms with Crippen LogP contribution >= 0.6 is 0 Å². The summed E-state index contributed by atoms with van der Waals surface area (Å²) in [4.78, 5) is 4.40. The maximum absolute atomic E-state index is 6.15. The Labute approximate surface area is 106 Å². The van der Waals surface area contributed by atoms with Crippen LogP contribution in [0.25, 0.3) is 11.5 Å². The molecule has 0 aromatic carbocycles. The molecule has 0 saturated heterocycles. The van der Waals surface area contributed by atoms with E-state index in [1.54, 1.807) is 4.68 Å². The Morgan fingerprint density at radius 3 is 2.44 bits per heavy atom. The van der Waals surface area contributed by atoms with Crippen LogP contribution in [0.15, 0.2) is 16.8 Å². The molecule has 0 saturated carbocycles. The van der Waals surface area contributed by atoms with Crippen LogP contribution in [0.1, 0.15) is 33.6 Å². The molecule has 2 rings (SSSR count). The van der Waals surface area contributed by atoms with Gasteiger partial charge in [-0.2, -0.15) is 10.1 Å². The first kappa shape index (κ1) is 12.8. The van der Waals surface area contributed by atoms with E-state index in [1.165, 1.54) is 0 Å². The summed E-state index contributed by atoms with van der Waals surface area (Å²) in [6, 6.07) is 1.84. The van der Waals surface area contributed by atoms with Crippen LogP contribution < -0.4 is 5.73 Å². The minimum absolute atomic E-state index is 0.410. The van der Waals surface area contributed by atoms with Crippen molar-refractivity contribution in [2.75, 3.05) is 0 Å². The van der Waals surface area contributed by atoms with Gasteiger partial charge in [0.15, 0.2) is 0 Å². The lowest BCUT2D eigenvalue weighted by Crippen LogP contribution is -2.50. The summed E-state index contributed by atoms with van der Waals surface area (Å²) in [5.74, 6) is 1.01. The molecule has 2 aromatic rings. The quantitative estimate of drug-likeness (QED) is 0.891. The Kier molecular flexibility index (Phi) is 2.77. The summed E-state index contributed by atoms with van der Waals surface area (Å²) in [5.41, 5.74) is 5.98. The second-order valence-corrected chi connectivity index (χ2v) is 5.64. The van der Waals surface area contributed by atoms with Gasteiger partial charge in [-0.05, 0) is 33.8 Å². The molecular formula is C12H19N5O. The number of rotatable bonds is 3. The first-order valence-electron chi connectivity index (χ1n) is 5.85. The Hall–Kier alpha value is -1.69. The smallest absolute Gasteiger partial charge is 0.234 e. The van der Waals surface area contributed by atoms with Crippen molar-refractivity contribution in [3.63, 3.8) is 0 Å². The largest absolute Gasteiger partial charge is 0.338 e. The minimum atomic E-state index is -0.457. The van der Waals surface area contributed by atoms with Crippen molar-refractivity contribution in [2.45, 2.75) is 38.6 Å². The minimum Gasteiger partial charge on any atom is -0.338 e. The summed E-state index contributed by atoms with van der Waals surface area (Å²) >= 11 is 0. The normalized spacial score (nSPS) is 13.0. The second kappa shape index (κ2) is 3.91. The lowest BCUT2D eigenvalue weighted by molar-refractivity contribution is 0.223. The maximum atomic E-state index is 6.15. The van der Waals surface area contributed by atoms with Crippen molar-refractivity contribution in [3.05, 3.63) is 18.2 Å². The van der Waals surface area contributed by atoms with E-state index in [0.29, 0.717) is 17.4 Å². The first-order chi connectivity index (χ1) is 8.22. The van der Waals surface area contributed by atoms with E-state index in [-0.39, 0.29) is 0 Å². The van der Waals surface area contributed by atoms with E-state index in [1.807, 2.05) is 47.0 Å². The highest BCUT2D eigenvalue weighted by Crippen LogP contribution is 2.32. The van der Waals surface area contributed by atoms with Gasteiger partial charge in [-0.15, -0.1) is 0 Å². The van der Waals surface area contributed by atoms with Gasteiger partial charge < -0.3 is 10.3 Å². The van der Waals surface area contributed by atoms with Crippen LogP contribution in [-0.4, -0.2) is 25.5 Å². The highest BCUT2D eigenvalue weighted by molar-refractivity contribution is 5.47. The molecule has 98 valence electrons. The van der Waals surface area contributed by atoms with Crippen LogP contribution in [0.2, 0.25) is 0 Å². The SMILES string of the molecule is Cn1ccc(-c2noc(C(C)(C)C(C)(C)N)n2)n1. The van der Waals surface area contributed by atoms with E-state index in [2.05, 4.69) is 15.2 Å². The average molecular weight is 249 g/mol. The predicted octanol–water partition coefficient (Wildman–Crippen LogP) is 1.48. The van der Waals surface area contributed by atoms with Gasteiger partial charge in [0.25, 0.3) is 0 Å². The monoisotopic (exact) mass is 249 g/mol. The topological polar surface area (TPSA) is 82.8 Å². The Bertz CT molecular complexity index is 547. The van der Waals surface area contributed by atoms with Gasteiger partial charge in [0.1, 0.15) is 5.69 Å². The van der Waals surface area contributed by atoms with Crippen molar-refractivity contribution in [1.82, 2.24) is 19.9 Å². The van der Waals surface area contributed by atoms with Gasteiger partial charge in [0.2, 0.25) is 11.7 Å². The van der Waals surface area contributed by atoms with Crippen LogP contribution in [0.5, 0.6) is 0 Å². The summed E-state index contributed by atoms with van der Waals surface area (Å²) in [6.45, 7) is 7.86. The van der Waals surface area contributed by atoms with Crippen LogP contribution in [0.3, 0.4) is 0 Å². The number of nitrogens with zero attached hydrogens (tertiary/aromatic N) is 4. The molecule has 6 heteroatoms. The van der Waals surface area contributed by atoms with Crippen molar-refractivity contribution in [2.24, 2.45) is 12.8 Å². The fourth-order valence-corrected chi connectivity index (χ4v) is 1.39. The number of hydrogen-bond donors (Lipinski definition) is 1. The first-order valence-corrected chi connectivity index (χ1v) is 5.85. The second-order valence-electron chi connectivity index (χ2n) is 5.64. The molecule has 0 aliphatic rings. The highest BCUT2D eigenvalue weighted by atomic mass is 16.5. The number of hydrogen-bond acceptors (Lipinski definition) is 5. The molecule has 2 N–H and O–H groups in total. The zero-order valence-electron chi connectivity index (χ0n) is 11.4. The highest BCUT2D eigenvalue weighted by Gasteiger charge is 2.40. The summed E-state index contributed by atoms with van der Waals surface area (Å²) < 4.78 is 7.03. The van der Waals surface area contributed by atoms with Crippen LogP contribution in [0.4, 0.5) is 0 Å². The van der Waals surface area contributed by atoms with Gasteiger partial charge in [0.05, 0.1) is 5.41 Å². The molecule has 0 aliphatic carbocycles. The lowest BCUT2D eigenvalue weighted by atomic mass is 9.75. The van der Waals surface area contributed by atoms with Gasteiger partial charge in [-0.3, -0.25) is 4.68 Å². The van der Waals surface area contributed by atoms with Crippen molar-refractivity contribution in [3.8, 4) is 11.5 Å². The van der Waals surface area contributed by atoms with Crippen molar-refractivity contribution < 1.29 is 4.52 Å². The molecule has 0 fully saturated rings. The van der Waals surface area contributed by atoms with Crippen LogP contribution in [0, 0.1) is 0 Å². The molecule has 0 spiro atoms. The van der Waals surface area contributed by atoms with E-state index in [9.17, 15) is 0 Å². The van der Waals surface area contributed by atoms with Crippen molar-refractivity contribution in [1.29, 1.82) is 0 Å². The van der Waals surface area contributed by atoms with E-state index in [0.717, 1.165) is 0 Å². The third-order valence-corrected chi connectivity index (χ3v) is 3.51. The lowest BCUT2D eigenvalue weighted by Gasteiger charge is -2.34. The third kappa shape index (κ3) is 2.03. The number of aryl methyl sites for hydroxylation is 1. The van der Waals surface area contributed by atoms with E-state index >= 15 is 0 Å². The molecule has 0 radical (unpaired) electrons. The Balaban J connectivity index is 2.37. The molecule has 6 nitrogen and oxygen atoms in total. The summed E-state index contributed by atoms with van der Waals surface area (Å²) in [7, 11) is 1.84. The molecule has 0 amide bonds. The van der Waals surface area contributed by atoms with Crippen LogP contribution in [-0.2, 0) is 12.5 Å². The summed E-state index contributed by atoms with van der Waals surface area (Å²) in [5, 5.41) is 8.20. The van der Waals surface area contributed by atoms with E-state index in [4.69, 9.17) is 10.3 Å². The van der Waals surface area contributed by atoms with Gasteiger partial charge in [-0.25, -0.2) is 0 Å². The zero-order chi connectivity index (χ0) is 13.6. The molecule has 0 aliphatic heterocycles. The fourth-order valence-electron chi connectivity index (χ4n) is 1.39. The molecule has 2 aromatic heterocycles. The summed E-state index contributed by atoms with van der Waals surface area (Å²) in [6.07, 6.45) is 1.84. The standard InChI is InChI=1S/C12H19N5O/c1-11(2,12(3,4)13)10-14-9(16-18-10)8-6-7-17(5)15-8/h6-7H,13H2,1-5H3. The van der Waals surface area contributed by atoms with Gasteiger partial charge >= 0.3 is 0 Å². The number of nitrogens with two attached hydrogens (primary N) is 1.